The Morgan fingerprint density at radius 1 is 1.44 bits per heavy atom. The molecule has 2 amide bonds. The van der Waals surface area contributed by atoms with Gasteiger partial charge in [-0.2, -0.15) is 0 Å². The van der Waals surface area contributed by atoms with Crippen LogP contribution in [0, 0.1) is 0 Å². The van der Waals surface area contributed by atoms with Crippen LogP contribution in [-0.4, -0.2) is 25.3 Å². The molecule has 0 saturated heterocycles. The number of nitrogens with zero attached hydrogens (tertiary/aromatic N) is 1. The molecule has 0 atom stereocenters. The Balaban J connectivity index is 2.55. The fourth-order valence-corrected chi connectivity index (χ4v) is 1.34. The summed E-state index contributed by atoms with van der Waals surface area (Å²) in [5.41, 5.74) is 0.868. The van der Waals surface area contributed by atoms with Crippen molar-refractivity contribution in [2.24, 2.45) is 0 Å². The van der Waals surface area contributed by atoms with Gasteiger partial charge >= 0.3 is 6.03 Å². The van der Waals surface area contributed by atoms with Gasteiger partial charge in [0.15, 0.2) is 0 Å². The SMILES string of the molecule is CON(C)C(=O)NCc1ccc(Cl)c(Cl)c1. The third kappa shape index (κ3) is 3.56. The summed E-state index contributed by atoms with van der Waals surface area (Å²) in [6.45, 7) is 0.365. The molecule has 1 aromatic rings. The summed E-state index contributed by atoms with van der Waals surface area (Å²) in [6, 6.07) is 4.86. The minimum atomic E-state index is -0.325. The minimum Gasteiger partial charge on any atom is -0.332 e. The molecule has 0 aromatic heterocycles. The number of benzene rings is 1. The van der Waals surface area contributed by atoms with Crippen LogP contribution in [0.2, 0.25) is 10.0 Å². The van der Waals surface area contributed by atoms with E-state index in [-0.39, 0.29) is 6.03 Å². The van der Waals surface area contributed by atoms with E-state index >= 15 is 0 Å². The van der Waals surface area contributed by atoms with E-state index in [1.807, 2.05) is 0 Å². The van der Waals surface area contributed by atoms with Gasteiger partial charge in [0.2, 0.25) is 0 Å². The van der Waals surface area contributed by atoms with Gasteiger partial charge in [-0.15, -0.1) is 0 Å². The van der Waals surface area contributed by atoms with Crippen molar-refractivity contribution in [3.05, 3.63) is 33.8 Å². The van der Waals surface area contributed by atoms with E-state index in [4.69, 9.17) is 28.0 Å². The van der Waals surface area contributed by atoms with Crippen LogP contribution in [0.1, 0.15) is 5.56 Å². The molecule has 4 nitrogen and oxygen atoms in total. The highest BCUT2D eigenvalue weighted by Gasteiger charge is 2.07. The van der Waals surface area contributed by atoms with E-state index in [9.17, 15) is 4.79 Å². The summed E-state index contributed by atoms with van der Waals surface area (Å²) < 4.78 is 0. The van der Waals surface area contributed by atoms with E-state index in [1.165, 1.54) is 14.2 Å². The van der Waals surface area contributed by atoms with Gasteiger partial charge in [0.1, 0.15) is 0 Å². The predicted molar refractivity (Wildman–Crippen MR) is 63.5 cm³/mol. The van der Waals surface area contributed by atoms with Crippen LogP contribution in [0.25, 0.3) is 0 Å². The lowest BCUT2D eigenvalue weighted by Gasteiger charge is -2.14. The van der Waals surface area contributed by atoms with E-state index in [0.29, 0.717) is 16.6 Å². The Kier molecular flexibility index (Phi) is 4.86. The van der Waals surface area contributed by atoms with Crippen molar-refractivity contribution in [1.29, 1.82) is 0 Å². The van der Waals surface area contributed by atoms with Crippen molar-refractivity contribution < 1.29 is 9.63 Å². The first-order valence-electron chi connectivity index (χ1n) is 4.54. The predicted octanol–water partition coefficient (Wildman–Crippen LogP) is 2.70. The van der Waals surface area contributed by atoms with E-state index < -0.39 is 0 Å². The van der Waals surface area contributed by atoms with Crippen molar-refractivity contribution in [3.8, 4) is 0 Å². The molecule has 0 aliphatic rings. The van der Waals surface area contributed by atoms with Crippen molar-refractivity contribution in [2.75, 3.05) is 14.2 Å². The van der Waals surface area contributed by atoms with Gasteiger partial charge in [0, 0.05) is 13.6 Å². The number of halogens is 2. The second kappa shape index (κ2) is 5.94. The number of amides is 2. The number of carbonyl (C=O) groups excluding carboxylic acids is 1. The molecular weight excluding hydrogens is 251 g/mol. The van der Waals surface area contributed by atoms with Gasteiger partial charge in [-0.05, 0) is 17.7 Å². The molecule has 0 fully saturated rings. The molecular formula is C10H12Cl2N2O2. The largest absolute Gasteiger partial charge is 0.341 e. The molecule has 6 heteroatoms. The zero-order chi connectivity index (χ0) is 12.1. The molecule has 0 saturated carbocycles. The number of rotatable bonds is 3. The molecule has 0 heterocycles. The van der Waals surface area contributed by atoms with Gasteiger partial charge in [-0.25, -0.2) is 9.86 Å². The first-order chi connectivity index (χ1) is 7.54. The lowest BCUT2D eigenvalue weighted by molar-refractivity contribution is -0.0648. The zero-order valence-electron chi connectivity index (χ0n) is 8.96. The minimum absolute atomic E-state index is 0.325. The number of carbonyl (C=O) groups is 1. The van der Waals surface area contributed by atoms with Gasteiger partial charge in [0.25, 0.3) is 0 Å². The fraction of sp³-hybridized carbons (Fsp3) is 0.300. The summed E-state index contributed by atoms with van der Waals surface area (Å²) in [5.74, 6) is 0. The number of hydrogen-bond donors (Lipinski definition) is 1. The van der Waals surface area contributed by atoms with E-state index in [2.05, 4.69) is 5.32 Å². The quantitative estimate of drug-likeness (QED) is 0.852. The zero-order valence-corrected chi connectivity index (χ0v) is 10.5. The number of hydrogen-bond acceptors (Lipinski definition) is 2. The molecule has 0 radical (unpaired) electrons. The number of hydroxylamine groups is 2. The van der Waals surface area contributed by atoms with Crippen molar-refractivity contribution >= 4 is 29.2 Å². The standard InChI is InChI=1S/C10H12Cl2N2O2/c1-14(16-2)10(15)13-6-7-3-4-8(11)9(12)5-7/h3-5H,6H2,1-2H3,(H,13,15). The third-order valence-electron chi connectivity index (χ3n) is 1.99. The Bertz CT molecular complexity index is 385. The lowest BCUT2D eigenvalue weighted by Crippen LogP contribution is -2.35. The van der Waals surface area contributed by atoms with Crippen molar-refractivity contribution in [2.45, 2.75) is 6.54 Å². The monoisotopic (exact) mass is 262 g/mol. The highest BCUT2D eigenvalue weighted by atomic mass is 35.5. The average molecular weight is 263 g/mol. The normalized spacial score (nSPS) is 10.0. The van der Waals surface area contributed by atoms with Crippen LogP contribution < -0.4 is 5.32 Å². The summed E-state index contributed by atoms with van der Waals surface area (Å²) >= 11 is 11.6. The highest BCUT2D eigenvalue weighted by Crippen LogP contribution is 2.22. The molecule has 1 aromatic carbocycles. The molecule has 16 heavy (non-hydrogen) atoms. The summed E-state index contributed by atoms with van der Waals surface area (Å²) in [4.78, 5) is 16.0. The van der Waals surface area contributed by atoms with E-state index in [0.717, 1.165) is 10.6 Å². The average Bonchev–Trinajstić information content (AvgIpc) is 2.29. The molecule has 88 valence electrons. The first kappa shape index (κ1) is 13.1. The molecule has 0 aliphatic carbocycles. The molecule has 1 rings (SSSR count). The Labute approximate surface area is 104 Å². The van der Waals surface area contributed by atoms with Gasteiger partial charge in [0.05, 0.1) is 17.2 Å². The summed E-state index contributed by atoms with van der Waals surface area (Å²) in [5, 5.41) is 4.71. The second-order valence-corrected chi connectivity index (χ2v) is 3.90. The van der Waals surface area contributed by atoms with Crippen LogP contribution in [0.4, 0.5) is 4.79 Å². The Morgan fingerprint density at radius 2 is 2.12 bits per heavy atom. The number of nitrogens with one attached hydrogen (secondary N) is 1. The van der Waals surface area contributed by atoms with Crippen molar-refractivity contribution in [1.82, 2.24) is 10.4 Å². The summed E-state index contributed by atoms with van der Waals surface area (Å²) in [6.07, 6.45) is 0. The van der Waals surface area contributed by atoms with Gasteiger partial charge in [-0.3, -0.25) is 4.84 Å². The van der Waals surface area contributed by atoms with Gasteiger partial charge in [-0.1, -0.05) is 29.3 Å². The second-order valence-electron chi connectivity index (χ2n) is 3.09. The lowest BCUT2D eigenvalue weighted by atomic mass is 10.2. The van der Waals surface area contributed by atoms with Crippen LogP contribution in [-0.2, 0) is 11.4 Å². The third-order valence-corrected chi connectivity index (χ3v) is 2.73. The topological polar surface area (TPSA) is 41.6 Å². The molecule has 0 unspecified atom stereocenters. The molecule has 0 aliphatic heterocycles. The Morgan fingerprint density at radius 3 is 2.69 bits per heavy atom. The van der Waals surface area contributed by atoms with Crippen LogP contribution in [0.3, 0.4) is 0 Å². The molecule has 0 bridgehead atoms. The maximum atomic E-state index is 11.3. The number of urea groups is 1. The highest BCUT2D eigenvalue weighted by molar-refractivity contribution is 6.42. The molecule has 0 spiro atoms. The molecule has 1 N–H and O–H groups in total. The van der Waals surface area contributed by atoms with Crippen LogP contribution in [0.15, 0.2) is 18.2 Å². The maximum absolute atomic E-state index is 11.3. The Hall–Kier alpha value is -0.970. The van der Waals surface area contributed by atoms with Crippen molar-refractivity contribution in [3.63, 3.8) is 0 Å². The van der Waals surface area contributed by atoms with Crippen LogP contribution in [0.5, 0.6) is 0 Å². The smallest absolute Gasteiger partial charge is 0.332 e. The maximum Gasteiger partial charge on any atom is 0.341 e. The first-order valence-corrected chi connectivity index (χ1v) is 5.29. The van der Waals surface area contributed by atoms with E-state index in [1.54, 1.807) is 18.2 Å². The van der Waals surface area contributed by atoms with Gasteiger partial charge < -0.3 is 5.32 Å². The van der Waals surface area contributed by atoms with Crippen LogP contribution >= 0.6 is 23.2 Å². The fourth-order valence-electron chi connectivity index (χ4n) is 1.02. The summed E-state index contributed by atoms with van der Waals surface area (Å²) in [7, 11) is 2.93.